The number of imidazole rings is 1. The summed E-state index contributed by atoms with van der Waals surface area (Å²) in [4.78, 5) is 4.35. The fraction of sp³-hybridized carbons (Fsp3) is 0.346. The number of rotatable bonds is 5. The van der Waals surface area contributed by atoms with E-state index in [-0.39, 0.29) is 0 Å². The van der Waals surface area contributed by atoms with E-state index in [0.29, 0.717) is 5.92 Å². The molecule has 160 valence electrons. The van der Waals surface area contributed by atoms with Gasteiger partial charge in [-0.2, -0.15) is 0 Å². The Hall–Kier alpha value is -2.56. The maximum absolute atomic E-state index is 6.51. The van der Waals surface area contributed by atoms with E-state index in [1.807, 2.05) is 12.3 Å². The predicted octanol–water partition coefficient (Wildman–Crippen LogP) is 5.48. The maximum Gasteiger partial charge on any atom is 0.105 e. The highest BCUT2D eigenvalue weighted by molar-refractivity contribution is 6.30. The van der Waals surface area contributed by atoms with Crippen molar-refractivity contribution in [2.75, 3.05) is 13.1 Å². The Kier molecular flexibility index (Phi) is 5.84. The zero-order chi connectivity index (χ0) is 21.2. The van der Waals surface area contributed by atoms with Crippen LogP contribution in [0.1, 0.15) is 42.6 Å². The van der Waals surface area contributed by atoms with Crippen molar-refractivity contribution in [3.05, 3.63) is 88.3 Å². The van der Waals surface area contributed by atoms with Gasteiger partial charge in [-0.3, -0.25) is 0 Å². The van der Waals surface area contributed by atoms with Crippen molar-refractivity contribution in [3.8, 4) is 0 Å². The average molecular weight is 433 g/mol. The lowest BCUT2D eigenvalue weighted by Gasteiger charge is -2.29. The molecule has 0 unspecified atom stereocenters. The number of allylic oxidation sites excluding steroid dienone is 5. The molecule has 2 N–H and O–H groups in total. The summed E-state index contributed by atoms with van der Waals surface area (Å²) in [5.74, 6) is 1.61. The first kappa shape index (κ1) is 20.3. The molecule has 0 bridgehead atoms. The van der Waals surface area contributed by atoms with Crippen LogP contribution in [0.15, 0.2) is 66.3 Å². The van der Waals surface area contributed by atoms with Crippen LogP contribution < -0.4 is 10.6 Å². The normalized spacial score (nSPS) is 18.6. The summed E-state index contributed by atoms with van der Waals surface area (Å²) in [5.41, 5.74) is 7.96. The smallest absolute Gasteiger partial charge is 0.105 e. The Bertz CT molecular complexity index is 1100. The number of nitrogens with one attached hydrogen (secondary N) is 2. The van der Waals surface area contributed by atoms with Gasteiger partial charge in [0.25, 0.3) is 0 Å². The third-order valence-electron chi connectivity index (χ3n) is 6.62. The minimum atomic E-state index is 0.542. The highest BCUT2D eigenvalue weighted by Gasteiger charge is 2.28. The number of hydrogen-bond acceptors (Lipinski definition) is 3. The third-order valence-corrected chi connectivity index (χ3v) is 6.86. The molecule has 31 heavy (non-hydrogen) atoms. The van der Waals surface area contributed by atoms with Crippen LogP contribution in [-0.2, 0) is 6.54 Å². The number of nitrogens with zero attached hydrogens (tertiary/aromatic N) is 2. The van der Waals surface area contributed by atoms with E-state index >= 15 is 0 Å². The second kappa shape index (κ2) is 8.89. The van der Waals surface area contributed by atoms with Crippen molar-refractivity contribution >= 4 is 22.7 Å². The summed E-state index contributed by atoms with van der Waals surface area (Å²) in [7, 11) is 0. The van der Waals surface area contributed by atoms with Crippen LogP contribution in [-0.4, -0.2) is 22.6 Å². The van der Waals surface area contributed by atoms with E-state index in [4.69, 9.17) is 11.6 Å². The number of aromatic nitrogens is 2. The Labute approximate surface area is 189 Å². The molecule has 5 heteroatoms. The molecule has 2 aliphatic heterocycles. The van der Waals surface area contributed by atoms with Gasteiger partial charge in [0, 0.05) is 35.9 Å². The van der Waals surface area contributed by atoms with Crippen molar-refractivity contribution in [3.63, 3.8) is 0 Å². The van der Waals surface area contributed by atoms with Gasteiger partial charge >= 0.3 is 0 Å². The number of piperidine rings is 1. The molecular weight excluding hydrogens is 404 g/mol. The molecule has 4 nitrogen and oxygen atoms in total. The molecular formula is C26H29ClN4. The Morgan fingerprint density at radius 3 is 2.87 bits per heavy atom. The lowest BCUT2D eigenvalue weighted by atomic mass is 9.81. The van der Waals surface area contributed by atoms with Crippen molar-refractivity contribution in [1.82, 2.24) is 20.2 Å². The maximum atomic E-state index is 6.51. The summed E-state index contributed by atoms with van der Waals surface area (Å²) in [6.07, 6.45) is 17.1. The SMILES string of the molecule is Cc1nccn1CCCC1=CC2=CC=CNC2=C(C2CCNCC2)c2ccc(Cl)cc21. The van der Waals surface area contributed by atoms with E-state index in [1.54, 1.807) is 0 Å². The minimum Gasteiger partial charge on any atom is -0.361 e. The van der Waals surface area contributed by atoms with Gasteiger partial charge in [0.05, 0.1) is 0 Å². The first-order valence-electron chi connectivity index (χ1n) is 11.3. The molecule has 5 rings (SSSR count). The van der Waals surface area contributed by atoms with Crippen LogP contribution in [0.3, 0.4) is 0 Å². The van der Waals surface area contributed by atoms with Crippen LogP contribution in [0.2, 0.25) is 5.02 Å². The molecule has 1 aromatic heterocycles. The van der Waals surface area contributed by atoms with Gasteiger partial charge in [0.15, 0.2) is 0 Å². The number of hydrogen-bond donors (Lipinski definition) is 2. The number of halogens is 1. The Morgan fingerprint density at radius 2 is 2.06 bits per heavy atom. The molecule has 0 saturated carbocycles. The molecule has 1 fully saturated rings. The van der Waals surface area contributed by atoms with Crippen molar-refractivity contribution in [1.29, 1.82) is 0 Å². The fourth-order valence-electron chi connectivity index (χ4n) is 5.04. The minimum absolute atomic E-state index is 0.542. The van der Waals surface area contributed by atoms with Crippen molar-refractivity contribution in [2.45, 2.75) is 39.2 Å². The zero-order valence-corrected chi connectivity index (χ0v) is 18.8. The highest BCUT2D eigenvalue weighted by Crippen LogP contribution is 2.43. The second-order valence-corrected chi connectivity index (χ2v) is 9.01. The standard InChI is InChI=1S/C26H29ClN4/c1-18-29-13-15-31(18)14-3-5-20-16-21-4-2-10-30-26(21)25(19-8-11-28-12-9-19)23-7-6-22(27)17-24(20)23/h2,4,6-7,10,13,15-17,19,28,30H,3,5,8-9,11-12,14H2,1H3. The number of benzene rings is 1. The Balaban J connectivity index is 1.54. The van der Waals surface area contributed by atoms with Crippen molar-refractivity contribution < 1.29 is 0 Å². The van der Waals surface area contributed by atoms with E-state index in [1.165, 1.54) is 33.5 Å². The zero-order valence-electron chi connectivity index (χ0n) is 18.0. The summed E-state index contributed by atoms with van der Waals surface area (Å²) >= 11 is 6.51. The molecule has 0 radical (unpaired) electrons. The average Bonchev–Trinajstić information content (AvgIpc) is 3.14. The van der Waals surface area contributed by atoms with E-state index < -0.39 is 0 Å². The molecule has 0 amide bonds. The molecule has 2 aromatic rings. The van der Waals surface area contributed by atoms with Gasteiger partial charge in [0.2, 0.25) is 0 Å². The first-order chi connectivity index (χ1) is 15.2. The first-order valence-corrected chi connectivity index (χ1v) is 11.7. The van der Waals surface area contributed by atoms with Gasteiger partial charge in [-0.05, 0) is 104 Å². The predicted molar refractivity (Wildman–Crippen MR) is 128 cm³/mol. The van der Waals surface area contributed by atoms with Crippen molar-refractivity contribution in [2.24, 2.45) is 5.92 Å². The van der Waals surface area contributed by atoms with Crippen LogP contribution in [0.5, 0.6) is 0 Å². The molecule has 0 atom stereocenters. The van der Waals surface area contributed by atoms with Gasteiger partial charge < -0.3 is 15.2 Å². The largest absolute Gasteiger partial charge is 0.361 e. The van der Waals surface area contributed by atoms with Crippen LogP contribution >= 0.6 is 11.6 Å². The summed E-state index contributed by atoms with van der Waals surface area (Å²) in [6.45, 7) is 5.18. The lowest BCUT2D eigenvalue weighted by molar-refractivity contribution is 0.445. The quantitative estimate of drug-likeness (QED) is 0.657. The molecule has 3 aliphatic rings. The van der Waals surface area contributed by atoms with Gasteiger partial charge in [-0.15, -0.1) is 0 Å². The molecule has 3 heterocycles. The van der Waals surface area contributed by atoms with Crippen LogP contribution in [0.25, 0.3) is 11.1 Å². The summed E-state index contributed by atoms with van der Waals surface area (Å²) < 4.78 is 2.23. The summed E-state index contributed by atoms with van der Waals surface area (Å²) in [5, 5.41) is 7.91. The number of dihydropyridines is 1. The van der Waals surface area contributed by atoms with Crippen LogP contribution in [0, 0.1) is 12.8 Å². The third kappa shape index (κ3) is 4.15. The van der Waals surface area contributed by atoms with Gasteiger partial charge in [-0.25, -0.2) is 4.98 Å². The van der Waals surface area contributed by atoms with E-state index in [0.717, 1.165) is 56.2 Å². The molecule has 1 aliphatic carbocycles. The lowest BCUT2D eigenvalue weighted by Crippen LogP contribution is -2.29. The fourth-order valence-corrected chi connectivity index (χ4v) is 5.21. The monoisotopic (exact) mass is 432 g/mol. The second-order valence-electron chi connectivity index (χ2n) is 8.57. The topological polar surface area (TPSA) is 41.9 Å². The van der Waals surface area contributed by atoms with E-state index in [9.17, 15) is 0 Å². The van der Waals surface area contributed by atoms with E-state index in [2.05, 4.69) is 69.9 Å². The molecule has 1 aromatic carbocycles. The Morgan fingerprint density at radius 1 is 1.19 bits per heavy atom. The highest BCUT2D eigenvalue weighted by atomic mass is 35.5. The number of aryl methyl sites for hydroxylation is 2. The molecule has 0 spiro atoms. The van der Waals surface area contributed by atoms with Crippen LogP contribution in [0.4, 0.5) is 0 Å². The summed E-state index contributed by atoms with van der Waals surface area (Å²) in [6, 6.07) is 6.44. The van der Waals surface area contributed by atoms with Gasteiger partial charge in [-0.1, -0.05) is 23.7 Å². The van der Waals surface area contributed by atoms with Gasteiger partial charge in [0.1, 0.15) is 5.82 Å². The molecule has 1 saturated heterocycles. The number of fused-ring (bicyclic) bond motifs is 2.